The fourth-order valence-electron chi connectivity index (χ4n) is 10.2. The first-order valence-corrected chi connectivity index (χ1v) is 25.4. The standard InChI is InChI=1S/C53H89N3O4/c1-5-8-11-14-17-20-24-29-37-53(38-30-25-21-18-15-12-9-6-2,39-31-26-22-19-16-13-10-7-3)56-47-36-33-35-45(52(55)58)51(47)46-42-49(60-43-50(57)59-4)44(41-48(46)56)34-28-23-27-32-40-54/h41-42,45H,5-39,43H2,1-4H3,(H2,55,58). The van der Waals surface area contributed by atoms with Gasteiger partial charge in [0.05, 0.1) is 19.1 Å². The van der Waals surface area contributed by atoms with E-state index in [1.165, 1.54) is 172 Å². The van der Waals surface area contributed by atoms with E-state index in [0.29, 0.717) is 12.2 Å². The number of unbranched alkanes of at least 4 members (excludes halogenated alkanes) is 24. The summed E-state index contributed by atoms with van der Waals surface area (Å²) in [5, 5.41) is 10.3. The van der Waals surface area contributed by atoms with Crippen LogP contribution in [0.25, 0.3) is 10.9 Å². The number of nitrogens with two attached hydrogens (primary N) is 1. The monoisotopic (exact) mass is 832 g/mol. The molecule has 0 bridgehead atoms. The molecule has 0 saturated carbocycles. The molecule has 1 aromatic heterocycles. The first-order chi connectivity index (χ1) is 29.4. The number of methoxy groups -OCH3 is 1. The summed E-state index contributed by atoms with van der Waals surface area (Å²) in [4.78, 5) is 25.8. The average molecular weight is 832 g/mol. The van der Waals surface area contributed by atoms with Crippen molar-refractivity contribution in [3.05, 3.63) is 29.0 Å². The van der Waals surface area contributed by atoms with Crippen molar-refractivity contribution in [2.24, 2.45) is 5.73 Å². The summed E-state index contributed by atoms with van der Waals surface area (Å²) in [6.07, 6.45) is 41.7. The number of ether oxygens (including phenoxy) is 2. The summed E-state index contributed by atoms with van der Waals surface area (Å²) in [5.41, 5.74) is 11.0. The van der Waals surface area contributed by atoms with Gasteiger partial charge in [-0.15, -0.1) is 0 Å². The molecule has 2 N–H and O–H groups in total. The minimum atomic E-state index is -0.412. The molecule has 0 spiro atoms. The Kier molecular flexibility index (Phi) is 26.5. The largest absolute Gasteiger partial charge is 0.482 e. The Morgan fingerprint density at radius 2 is 1.20 bits per heavy atom. The lowest BCUT2D eigenvalue weighted by Gasteiger charge is -2.40. The maximum Gasteiger partial charge on any atom is 0.343 e. The van der Waals surface area contributed by atoms with Gasteiger partial charge >= 0.3 is 5.97 Å². The van der Waals surface area contributed by atoms with E-state index in [-0.39, 0.29) is 24.0 Å². The van der Waals surface area contributed by atoms with E-state index < -0.39 is 5.97 Å². The molecular formula is C53H89N3O4. The van der Waals surface area contributed by atoms with Crippen molar-refractivity contribution in [3.8, 4) is 11.8 Å². The molecule has 340 valence electrons. The first-order valence-electron chi connectivity index (χ1n) is 25.4. The molecule has 1 amide bonds. The fourth-order valence-corrected chi connectivity index (χ4v) is 10.2. The molecule has 1 aliphatic carbocycles. The summed E-state index contributed by atoms with van der Waals surface area (Å²) in [7, 11) is 1.39. The summed E-state index contributed by atoms with van der Waals surface area (Å²) >= 11 is 0. The van der Waals surface area contributed by atoms with Gasteiger partial charge in [-0.1, -0.05) is 181 Å². The number of benzene rings is 1. The SMILES string of the molecule is CCCCCCCCCCC(CCCCCCCCCC)(CCCCCCCCCC)n1c2c(c3cc(OCC(=O)OC)c(CCCCCC#N)cc31)C(C(N)=O)CCC2. The number of hydrogen-bond acceptors (Lipinski definition) is 5. The van der Waals surface area contributed by atoms with E-state index in [2.05, 4.69) is 43.5 Å². The van der Waals surface area contributed by atoms with Crippen molar-refractivity contribution in [1.29, 1.82) is 5.26 Å². The summed E-state index contributed by atoms with van der Waals surface area (Å²) in [6, 6.07) is 6.81. The molecule has 1 aromatic carbocycles. The number of aromatic nitrogens is 1. The highest BCUT2D eigenvalue weighted by molar-refractivity contribution is 5.95. The molecule has 1 unspecified atom stereocenters. The van der Waals surface area contributed by atoms with E-state index in [0.717, 1.165) is 80.7 Å². The van der Waals surface area contributed by atoms with E-state index in [9.17, 15) is 14.9 Å². The lowest BCUT2D eigenvalue weighted by atomic mass is 9.79. The molecule has 0 radical (unpaired) electrons. The smallest absolute Gasteiger partial charge is 0.343 e. The first kappa shape index (κ1) is 51.3. The molecule has 0 aliphatic heterocycles. The number of rotatable bonds is 37. The van der Waals surface area contributed by atoms with Crippen LogP contribution in [0, 0.1) is 11.3 Å². The molecule has 1 atom stereocenters. The van der Waals surface area contributed by atoms with Crippen LogP contribution in [0.15, 0.2) is 12.1 Å². The Morgan fingerprint density at radius 1 is 0.717 bits per heavy atom. The minimum absolute atomic E-state index is 0.0452. The van der Waals surface area contributed by atoms with Gasteiger partial charge in [-0.3, -0.25) is 4.79 Å². The number of nitriles is 1. The van der Waals surface area contributed by atoms with Crippen molar-refractivity contribution in [3.63, 3.8) is 0 Å². The summed E-state index contributed by atoms with van der Waals surface area (Å²) in [5.74, 6) is -0.296. The van der Waals surface area contributed by atoms with Crippen LogP contribution in [0.2, 0.25) is 0 Å². The molecule has 1 heterocycles. The van der Waals surface area contributed by atoms with Crippen LogP contribution in [0.3, 0.4) is 0 Å². The van der Waals surface area contributed by atoms with Gasteiger partial charge in [-0.25, -0.2) is 4.79 Å². The Balaban J connectivity index is 2.16. The molecule has 2 aromatic rings. The van der Waals surface area contributed by atoms with Crippen LogP contribution < -0.4 is 10.5 Å². The number of amides is 1. The maximum absolute atomic E-state index is 13.4. The summed E-state index contributed by atoms with van der Waals surface area (Å²) in [6.45, 7) is 6.72. The number of fused-ring (bicyclic) bond motifs is 3. The highest BCUT2D eigenvalue weighted by Crippen LogP contribution is 2.48. The highest BCUT2D eigenvalue weighted by Gasteiger charge is 2.39. The average Bonchev–Trinajstić information content (AvgIpc) is 3.58. The molecule has 60 heavy (non-hydrogen) atoms. The van der Waals surface area contributed by atoms with Gasteiger partial charge in [0, 0.05) is 28.6 Å². The van der Waals surface area contributed by atoms with Crippen LogP contribution in [0.4, 0.5) is 0 Å². The lowest BCUT2D eigenvalue weighted by molar-refractivity contribution is -0.142. The van der Waals surface area contributed by atoms with Crippen molar-refractivity contribution in [1.82, 2.24) is 4.57 Å². The summed E-state index contributed by atoms with van der Waals surface area (Å²) < 4.78 is 14.1. The minimum Gasteiger partial charge on any atom is -0.482 e. The van der Waals surface area contributed by atoms with Crippen LogP contribution >= 0.6 is 0 Å². The van der Waals surface area contributed by atoms with Crippen molar-refractivity contribution < 1.29 is 19.1 Å². The van der Waals surface area contributed by atoms with Gasteiger partial charge in [0.25, 0.3) is 0 Å². The van der Waals surface area contributed by atoms with Crippen molar-refractivity contribution in [2.75, 3.05) is 13.7 Å². The van der Waals surface area contributed by atoms with E-state index in [4.69, 9.17) is 15.2 Å². The van der Waals surface area contributed by atoms with E-state index in [1.807, 2.05) is 0 Å². The Labute approximate surface area is 367 Å². The number of hydrogen-bond donors (Lipinski definition) is 1. The second-order valence-corrected chi connectivity index (χ2v) is 18.5. The normalized spacial score (nSPS) is 14.0. The quantitative estimate of drug-likeness (QED) is 0.0539. The number of carbonyl (C=O) groups excluding carboxylic acids is 2. The third-order valence-corrected chi connectivity index (χ3v) is 13.7. The zero-order chi connectivity index (χ0) is 43.3. The molecule has 7 heteroatoms. The van der Waals surface area contributed by atoms with Gasteiger partial charge in [0.1, 0.15) is 5.75 Å². The zero-order valence-corrected chi connectivity index (χ0v) is 39.3. The fraction of sp³-hybridized carbons (Fsp3) is 0.792. The van der Waals surface area contributed by atoms with E-state index >= 15 is 0 Å². The molecular weight excluding hydrogens is 743 g/mol. The third kappa shape index (κ3) is 17.4. The van der Waals surface area contributed by atoms with Crippen LogP contribution in [-0.2, 0) is 32.7 Å². The van der Waals surface area contributed by atoms with Gasteiger partial charge in [-0.2, -0.15) is 5.26 Å². The van der Waals surface area contributed by atoms with Crippen LogP contribution in [0.1, 0.15) is 255 Å². The van der Waals surface area contributed by atoms with Crippen LogP contribution in [0.5, 0.6) is 5.75 Å². The lowest BCUT2D eigenvalue weighted by Crippen LogP contribution is -2.36. The maximum atomic E-state index is 13.4. The Morgan fingerprint density at radius 3 is 1.67 bits per heavy atom. The Hall–Kier alpha value is -3.01. The number of esters is 1. The molecule has 0 fully saturated rings. The van der Waals surface area contributed by atoms with Crippen molar-refractivity contribution in [2.45, 2.75) is 257 Å². The molecule has 3 rings (SSSR count). The topological polar surface area (TPSA) is 107 Å². The zero-order valence-electron chi connectivity index (χ0n) is 39.3. The van der Waals surface area contributed by atoms with Crippen LogP contribution in [-0.4, -0.2) is 30.2 Å². The predicted molar refractivity (Wildman–Crippen MR) is 252 cm³/mol. The number of aryl methyl sites for hydroxylation is 1. The number of primary amides is 1. The number of carbonyl (C=O) groups is 2. The van der Waals surface area contributed by atoms with Gasteiger partial charge < -0.3 is 19.8 Å². The van der Waals surface area contributed by atoms with Gasteiger partial charge in [-0.05, 0) is 81.0 Å². The van der Waals surface area contributed by atoms with Gasteiger partial charge in [0.2, 0.25) is 5.91 Å². The molecule has 1 aliphatic rings. The highest BCUT2D eigenvalue weighted by atomic mass is 16.6. The molecule has 0 saturated heterocycles. The predicted octanol–water partition coefficient (Wildman–Crippen LogP) is 15.0. The van der Waals surface area contributed by atoms with Crippen molar-refractivity contribution >= 4 is 22.8 Å². The second kappa shape index (κ2) is 30.9. The second-order valence-electron chi connectivity index (χ2n) is 18.5. The van der Waals surface area contributed by atoms with E-state index in [1.54, 1.807) is 0 Å². The third-order valence-electron chi connectivity index (χ3n) is 13.7. The Bertz CT molecular complexity index is 1470. The number of nitrogens with zero attached hydrogens (tertiary/aromatic N) is 2. The van der Waals surface area contributed by atoms with Gasteiger partial charge in [0.15, 0.2) is 6.61 Å². The molecule has 7 nitrogen and oxygen atoms in total.